The Balaban J connectivity index is 4.63. The molecule has 8 nitrogen and oxygen atoms in total. The van der Waals surface area contributed by atoms with E-state index in [2.05, 4.69) is 5.32 Å². The first kappa shape index (κ1) is 20.8. The molecule has 0 aromatic rings. The van der Waals surface area contributed by atoms with Gasteiger partial charge in [0.15, 0.2) is 12.2 Å². The summed E-state index contributed by atoms with van der Waals surface area (Å²) >= 11 is 0. The van der Waals surface area contributed by atoms with Gasteiger partial charge in [-0.1, -0.05) is 27.2 Å². The minimum absolute atomic E-state index is 0.138. The van der Waals surface area contributed by atoms with Crippen molar-refractivity contribution in [2.45, 2.75) is 64.4 Å². The Morgan fingerprint density at radius 1 is 1.09 bits per heavy atom. The number of hydrogen-bond donors (Lipinski definition) is 6. The molecule has 0 aliphatic heterocycles. The molecule has 0 spiro atoms. The molecule has 0 saturated heterocycles. The summed E-state index contributed by atoms with van der Waals surface area (Å²) in [5.74, 6) is -2.15. The molecule has 0 aromatic heterocycles. The zero-order chi connectivity index (χ0) is 17.5. The predicted molar refractivity (Wildman–Crippen MR) is 79.5 cm³/mol. The molecule has 0 bridgehead atoms. The third kappa shape index (κ3) is 5.88. The summed E-state index contributed by atoms with van der Waals surface area (Å²) in [5, 5.41) is 40.6. The second kappa shape index (κ2) is 9.04. The van der Waals surface area contributed by atoms with Crippen LogP contribution in [0.2, 0.25) is 0 Å². The lowest BCUT2D eigenvalue weighted by Gasteiger charge is -2.30. The molecule has 0 heterocycles. The van der Waals surface area contributed by atoms with Crippen LogP contribution < -0.4 is 11.1 Å². The number of rotatable bonds is 10. The Labute approximate surface area is 130 Å². The highest BCUT2D eigenvalue weighted by Crippen LogP contribution is 2.26. The maximum absolute atomic E-state index is 11.8. The van der Waals surface area contributed by atoms with E-state index in [1.807, 2.05) is 20.8 Å². The average molecular weight is 320 g/mol. The van der Waals surface area contributed by atoms with Gasteiger partial charge in [-0.2, -0.15) is 0 Å². The van der Waals surface area contributed by atoms with Crippen LogP contribution in [0.1, 0.15) is 40.0 Å². The van der Waals surface area contributed by atoms with Crippen molar-refractivity contribution in [1.29, 1.82) is 0 Å². The predicted octanol–water partition coefficient (Wildman–Crippen LogP) is -1.75. The van der Waals surface area contributed by atoms with E-state index < -0.39 is 36.2 Å². The van der Waals surface area contributed by atoms with Gasteiger partial charge in [0.25, 0.3) is 5.91 Å². The fraction of sp³-hybridized carbons (Fsp3) is 0.857. The van der Waals surface area contributed by atoms with Crippen LogP contribution in [0.3, 0.4) is 0 Å². The number of primary amides is 1. The van der Waals surface area contributed by atoms with Crippen molar-refractivity contribution in [1.82, 2.24) is 5.32 Å². The van der Waals surface area contributed by atoms with Crippen molar-refractivity contribution in [3.8, 4) is 0 Å². The zero-order valence-electron chi connectivity index (χ0n) is 13.3. The minimum Gasteiger partial charge on any atom is -0.387 e. The smallest absolute Gasteiger partial charge is 0.251 e. The quantitative estimate of drug-likeness (QED) is 0.280. The maximum Gasteiger partial charge on any atom is 0.251 e. The number of carbonyl (C=O) groups is 2. The Morgan fingerprint density at radius 3 is 2.00 bits per heavy atom. The van der Waals surface area contributed by atoms with Gasteiger partial charge < -0.3 is 31.5 Å². The van der Waals surface area contributed by atoms with Gasteiger partial charge in [-0.05, 0) is 18.3 Å². The first-order valence-corrected chi connectivity index (χ1v) is 7.39. The van der Waals surface area contributed by atoms with Gasteiger partial charge in [0.1, 0.15) is 12.2 Å². The van der Waals surface area contributed by atoms with Crippen LogP contribution in [-0.2, 0) is 9.59 Å². The van der Waals surface area contributed by atoms with Crippen LogP contribution in [0.15, 0.2) is 0 Å². The summed E-state index contributed by atoms with van der Waals surface area (Å²) in [7, 11) is 0. The first-order valence-electron chi connectivity index (χ1n) is 7.39. The lowest BCUT2D eigenvalue weighted by Crippen LogP contribution is -2.54. The highest BCUT2D eigenvalue weighted by molar-refractivity contribution is 5.82. The second-order valence-corrected chi connectivity index (χ2v) is 5.91. The SMILES string of the molecule is CCCC(C)(CC)CNC(=O)[C@@H](O)[C@H](O)[C@H](O)[C@@H](O)C(N)=O. The molecule has 22 heavy (non-hydrogen) atoms. The number of carbonyl (C=O) groups excluding carboxylic acids is 2. The molecule has 0 aliphatic carbocycles. The monoisotopic (exact) mass is 320 g/mol. The number of hydrogen-bond acceptors (Lipinski definition) is 6. The van der Waals surface area contributed by atoms with Crippen molar-refractivity contribution in [2.75, 3.05) is 6.54 Å². The van der Waals surface area contributed by atoms with E-state index in [0.29, 0.717) is 6.54 Å². The van der Waals surface area contributed by atoms with E-state index in [1.165, 1.54) is 0 Å². The molecule has 0 rings (SSSR count). The normalized spacial score (nSPS) is 19.6. The molecule has 5 atom stereocenters. The molecule has 0 saturated carbocycles. The molecule has 0 aromatic carbocycles. The lowest BCUT2D eigenvalue weighted by atomic mass is 9.83. The third-order valence-electron chi connectivity index (χ3n) is 3.95. The topological polar surface area (TPSA) is 153 Å². The molecular formula is C14H28N2O6. The second-order valence-electron chi connectivity index (χ2n) is 5.91. The number of aliphatic hydroxyl groups is 4. The Bertz CT molecular complexity index is 378. The van der Waals surface area contributed by atoms with Crippen LogP contribution >= 0.6 is 0 Å². The summed E-state index contributed by atoms with van der Waals surface area (Å²) in [4.78, 5) is 22.5. The van der Waals surface area contributed by atoms with Gasteiger partial charge >= 0.3 is 0 Å². The van der Waals surface area contributed by atoms with Crippen LogP contribution in [0.25, 0.3) is 0 Å². The Hall–Kier alpha value is -1.22. The summed E-state index contributed by atoms with van der Waals surface area (Å²) < 4.78 is 0. The summed E-state index contributed by atoms with van der Waals surface area (Å²) in [6.07, 6.45) is -5.48. The number of nitrogens with one attached hydrogen (secondary N) is 1. The standard InChI is InChI=1S/C14H28N2O6/c1-4-6-14(3,5-2)7-16-13(22)11(20)9(18)8(17)10(19)12(15)21/h8-11,17-20H,4-7H2,1-3H3,(H2,15,21)(H,16,22)/t8-,9+,10+,11-,14?/m0/s1. The van der Waals surface area contributed by atoms with Crippen molar-refractivity contribution in [3.63, 3.8) is 0 Å². The Morgan fingerprint density at radius 2 is 1.59 bits per heavy atom. The largest absolute Gasteiger partial charge is 0.387 e. The molecule has 8 heteroatoms. The summed E-state index contributed by atoms with van der Waals surface area (Å²) in [5.41, 5.74) is 4.64. The van der Waals surface area contributed by atoms with Crippen LogP contribution in [0.4, 0.5) is 0 Å². The first-order chi connectivity index (χ1) is 10.1. The van der Waals surface area contributed by atoms with Crippen molar-refractivity contribution >= 4 is 11.8 Å². The number of aliphatic hydroxyl groups excluding tert-OH is 4. The van der Waals surface area contributed by atoms with E-state index in [-0.39, 0.29) is 5.41 Å². The van der Waals surface area contributed by atoms with Gasteiger partial charge in [-0.15, -0.1) is 0 Å². The van der Waals surface area contributed by atoms with Crippen LogP contribution in [0.5, 0.6) is 0 Å². The van der Waals surface area contributed by atoms with Gasteiger partial charge in [0.05, 0.1) is 0 Å². The molecule has 130 valence electrons. The molecule has 2 amide bonds. The van der Waals surface area contributed by atoms with Crippen molar-refractivity contribution < 1.29 is 30.0 Å². The average Bonchev–Trinajstić information content (AvgIpc) is 2.49. The molecule has 0 radical (unpaired) electrons. The fourth-order valence-corrected chi connectivity index (χ4v) is 2.10. The lowest BCUT2D eigenvalue weighted by molar-refractivity contribution is -0.154. The van der Waals surface area contributed by atoms with E-state index in [1.54, 1.807) is 0 Å². The molecule has 1 unspecified atom stereocenters. The van der Waals surface area contributed by atoms with E-state index >= 15 is 0 Å². The highest BCUT2D eigenvalue weighted by Gasteiger charge is 2.37. The maximum atomic E-state index is 11.8. The number of nitrogens with two attached hydrogens (primary N) is 1. The third-order valence-corrected chi connectivity index (χ3v) is 3.95. The Kier molecular flexibility index (Phi) is 8.54. The highest BCUT2D eigenvalue weighted by atomic mass is 16.4. The van der Waals surface area contributed by atoms with Gasteiger partial charge in [-0.3, -0.25) is 9.59 Å². The van der Waals surface area contributed by atoms with Gasteiger partial charge in [0, 0.05) is 6.54 Å². The van der Waals surface area contributed by atoms with Crippen molar-refractivity contribution in [3.05, 3.63) is 0 Å². The van der Waals surface area contributed by atoms with E-state index in [9.17, 15) is 30.0 Å². The number of amides is 2. The fourth-order valence-electron chi connectivity index (χ4n) is 2.10. The molecule has 0 fully saturated rings. The van der Waals surface area contributed by atoms with E-state index in [4.69, 9.17) is 5.73 Å². The van der Waals surface area contributed by atoms with Crippen LogP contribution in [-0.4, -0.2) is 63.2 Å². The summed E-state index contributed by atoms with van der Waals surface area (Å²) in [6, 6.07) is 0. The summed E-state index contributed by atoms with van der Waals surface area (Å²) in [6.45, 7) is 6.30. The van der Waals surface area contributed by atoms with Gasteiger partial charge in [0.2, 0.25) is 5.91 Å². The minimum atomic E-state index is -2.07. The molecular weight excluding hydrogens is 292 g/mol. The van der Waals surface area contributed by atoms with E-state index in [0.717, 1.165) is 19.3 Å². The van der Waals surface area contributed by atoms with Crippen LogP contribution in [0, 0.1) is 5.41 Å². The van der Waals surface area contributed by atoms with Crippen molar-refractivity contribution in [2.24, 2.45) is 11.1 Å². The molecule has 7 N–H and O–H groups in total. The zero-order valence-corrected chi connectivity index (χ0v) is 13.3. The molecule has 0 aliphatic rings. The van der Waals surface area contributed by atoms with Gasteiger partial charge in [-0.25, -0.2) is 0 Å².